The monoisotopic (exact) mass is 218 g/mol. The predicted molar refractivity (Wildman–Crippen MR) is 64.6 cm³/mol. The molecule has 15 heavy (non-hydrogen) atoms. The SMILES string of the molecule is Cc1ccccc1N/N=C(/C#N)C(N)=S. The van der Waals surface area contributed by atoms with E-state index in [1.807, 2.05) is 37.3 Å². The summed E-state index contributed by atoms with van der Waals surface area (Å²) in [4.78, 5) is -0.0152. The van der Waals surface area contributed by atoms with Gasteiger partial charge in [0.25, 0.3) is 0 Å². The average molecular weight is 218 g/mol. The molecule has 4 nitrogen and oxygen atoms in total. The first-order valence-electron chi connectivity index (χ1n) is 4.24. The molecule has 0 saturated heterocycles. The van der Waals surface area contributed by atoms with Crippen LogP contribution in [0, 0.1) is 18.3 Å². The lowest BCUT2D eigenvalue weighted by Crippen LogP contribution is -2.20. The Balaban J connectivity index is 2.85. The lowest BCUT2D eigenvalue weighted by Gasteiger charge is -2.03. The van der Waals surface area contributed by atoms with Gasteiger partial charge >= 0.3 is 0 Å². The lowest BCUT2D eigenvalue weighted by atomic mass is 10.2. The van der Waals surface area contributed by atoms with Gasteiger partial charge in [-0.2, -0.15) is 10.4 Å². The van der Waals surface area contributed by atoms with Crippen molar-refractivity contribution in [1.82, 2.24) is 0 Å². The number of thiocarbonyl (C=S) groups is 1. The van der Waals surface area contributed by atoms with Crippen LogP contribution in [0.1, 0.15) is 5.56 Å². The van der Waals surface area contributed by atoms with Crippen LogP contribution in [-0.4, -0.2) is 10.7 Å². The van der Waals surface area contributed by atoms with Crippen LogP contribution in [0.4, 0.5) is 5.69 Å². The minimum atomic E-state index is -0.0152. The number of nitriles is 1. The number of anilines is 1. The molecule has 0 unspecified atom stereocenters. The van der Waals surface area contributed by atoms with Crippen molar-refractivity contribution in [3.8, 4) is 6.07 Å². The minimum absolute atomic E-state index is 0.0152. The van der Waals surface area contributed by atoms with E-state index >= 15 is 0 Å². The Morgan fingerprint density at radius 3 is 2.73 bits per heavy atom. The van der Waals surface area contributed by atoms with E-state index in [-0.39, 0.29) is 10.7 Å². The second-order valence-electron chi connectivity index (χ2n) is 2.86. The molecule has 0 saturated carbocycles. The highest BCUT2D eigenvalue weighted by Crippen LogP contribution is 2.12. The van der Waals surface area contributed by atoms with Gasteiger partial charge in [0.15, 0.2) is 5.71 Å². The van der Waals surface area contributed by atoms with E-state index in [0.717, 1.165) is 11.3 Å². The Morgan fingerprint density at radius 1 is 1.53 bits per heavy atom. The largest absolute Gasteiger partial charge is 0.387 e. The van der Waals surface area contributed by atoms with Gasteiger partial charge in [0, 0.05) is 0 Å². The van der Waals surface area contributed by atoms with Gasteiger partial charge in [-0.25, -0.2) is 0 Å². The molecule has 0 heterocycles. The molecule has 0 fully saturated rings. The number of nitrogens with two attached hydrogens (primary N) is 1. The maximum Gasteiger partial charge on any atom is 0.194 e. The average Bonchev–Trinajstić information content (AvgIpc) is 2.21. The molecule has 0 radical (unpaired) electrons. The van der Waals surface area contributed by atoms with E-state index in [9.17, 15) is 0 Å². The van der Waals surface area contributed by atoms with E-state index in [4.69, 9.17) is 11.0 Å². The first-order chi connectivity index (χ1) is 7.15. The van der Waals surface area contributed by atoms with E-state index in [1.165, 1.54) is 0 Å². The van der Waals surface area contributed by atoms with Gasteiger partial charge in [0.05, 0.1) is 5.69 Å². The molecule has 3 N–H and O–H groups in total. The molecular formula is C10H10N4S. The number of hydrogen-bond acceptors (Lipinski definition) is 4. The van der Waals surface area contributed by atoms with Crippen molar-refractivity contribution in [2.75, 3.05) is 5.43 Å². The summed E-state index contributed by atoms with van der Waals surface area (Å²) in [6, 6.07) is 9.39. The minimum Gasteiger partial charge on any atom is -0.387 e. The Kier molecular flexibility index (Phi) is 3.77. The van der Waals surface area contributed by atoms with E-state index < -0.39 is 0 Å². The van der Waals surface area contributed by atoms with Gasteiger partial charge in [0.1, 0.15) is 11.1 Å². The molecular weight excluding hydrogens is 208 g/mol. The van der Waals surface area contributed by atoms with Crippen LogP contribution >= 0.6 is 12.2 Å². The highest BCUT2D eigenvalue weighted by Gasteiger charge is 2.01. The number of para-hydroxylation sites is 1. The van der Waals surface area contributed by atoms with Crippen molar-refractivity contribution < 1.29 is 0 Å². The lowest BCUT2D eigenvalue weighted by molar-refractivity contribution is 1.31. The Hall–Kier alpha value is -1.93. The van der Waals surface area contributed by atoms with Crippen LogP contribution in [0.5, 0.6) is 0 Å². The van der Waals surface area contributed by atoms with Crippen LogP contribution in [0.3, 0.4) is 0 Å². The zero-order valence-electron chi connectivity index (χ0n) is 8.19. The van der Waals surface area contributed by atoms with Crippen molar-refractivity contribution in [2.45, 2.75) is 6.92 Å². The van der Waals surface area contributed by atoms with E-state index in [2.05, 4.69) is 22.7 Å². The Morgan fingerprint density at radius 2 is 2.20 bits per heavy atom. The van der Waals surface area contributed by atoms with Gasteiger partial charge in [0.2, 0.25) is 0 Å². The van der Waals surface area contributed by atoms with Crippen LogP contribution in [-0.2, 0) is 0 Å². The highest BCUT2D eigenvalue weighted by molar-refractivity contribution is 7.82. The number of hydrazone groups is 1. The molecule has 1 aromatic carbocycles. The maximum atomic E-state index is 8.66. The van der Waals surface area contributed by atoms with Crippen molar-refractivity contribution in [2.24, 2.45) is 10.8 Å². The summed E-state index contributed by atoms with van der Waals surface area (Å²) in [6.45, 7) is 1.94. The van der Waals surface area contributed by atoms with Crippen molar-refractivity contribution in [1.29, 1.82) is 5.26 Å². The molecule has 0 aliphatic carbocycles. The fraction of sp³-hybridized carbons (Fsp3) is 0.100. The fourth-order valence-corrected chi connectivity index (χ4v) is 1.04. The zero-order chi connectivity index (χ0) is 11.3. The molecule has 0 aromatic heterocycles. The topological polar surface area (TPSA) is 74.2 Å². The second-order valence-corrected chi connectivity index (χ2v) is 3.30. The second kappa shape index (κ2) is 5.08. The standard InChI is InChI=1S/C10H10N4S/c1-7-4-2-3-5-8(7)13-14-9(6-11)10(12)15/h2-5,13H,1H3,(H2,12,15)/b14-9-. The predicted octanol–water partition coefficient (Wildman–Crippen LogP) is 1.57. The number of nitrogens with one attached hydrogen (secondary N) is 1. The summed E-state index contributed by atoms with van der Waals surface area (Å²) in [5, 5.41) is 12.5. The number of nitrogens with zero attached hydrogens (tertiary/aromatic N) is 2. The molecule has 0 atom stereocenters. The highest BCUT2D eigenvalue weighted by atomic mass is 32.1. The summed E-state index contributed by atoms with van der Waals surface area (Å²) in [5.41, 5.74) is 9.90. The first-order valence-corrected chi connectivity index (χ1v) is 4.65. The number of benzene rings is 1. The van der Waals surface area contributed by atoms with Gasteiger partial charge in [-0.1, -0.05) is 30.4 Å². The van der Waals surface area contributed by atoms with Crippen LogP contribution in [0.15, 0.2) is 29.4 Å². The zero-order valence-corrected chi connectivity index (χ0v) is 9.01. The summed E-state index contributed by atoms with van der Waals surface area (Å²) >= 11 is 4.65. The molecule has 76 valence electrons. The van der Waals surface area contributed by atoms with Crippen molar-refractivity contribution >= 4 is 28.6 Å². The molecule has 0 bridgehead atoms. The third kappa shape index (κ3) is 3.04. The van der Waals surface area contributed by atoms with Crippen LogP contribution < -0.4 is 11.2 Å². The summed E-state index contributed by atoms with van der Waals surface area (Å²) in [5.74, 6) is 0. The van der Waals surface area contributed by atoms with Gasteiger partial charge < -0.3 is 5.73 Å². The molecule has 1 aromatic rings. The Bertz CT molecular complexity index is 445. The van der Waals surface area contributed by atoms with Crippen LogP contribution in [0.2, 0.25) is 0 Å². The molecule has 0 aliphatic rings. The number of aryl methyl sites for hydroxylation is 1. The van der Waals surface area contributed by atoms with Crippen LogP contribution in [0.25, 0.3) is 0 Å². The Labute approximate surface area is 93.4 Å². The first kappa shape index (κ1) is 11.1. The van der Waals surface area contributed by atoms with E-state index in [0.29, 0.717) is 0 Å². The normalized spacial score (nSPS) is 10.5. The summed E-state index contributed by atoms with van der Waals surface area (Å²) < 4.78 is 0. The molecule has 0 aliphatic heterocycles. The number of hydrogen-bond donors (Lipinski definition) is 2. The third-order valence-corrected chi connectivity index (χ3v) is 1.97. The van der Waals surface area contributed by atoms with Gasteiger partial charge in [-0.05, 0) is 18.6 Å². The molecule has 0 spiro atoms. The smallest absolute Gasteiger partial charge is 0.194 e. The third-order valence-electron chi connectivity index (χ3n) is 1.77. The van der Waals surface area contributed by atoms with Gasteiger partial charge in [-0.15, -0.1) is 0 Å². The van der Waals surface area contributed by atoms with Crippen molar-refractivity contribution in [3.63, 3.8) is 0 Å². The summed E-state index contributed by atoms with van der Waals surface area (Å²) in [6.07, 6.45) is 0. The quantitative estimate of drug-likeness (QED) is 0.459. The molecule has 0 amide bonds. The maximum absolute atomic E-state index is 8.66. The molecule has 5 heteroatoms. The number of rotatable bonds is 3. The summed E-state index contributed by atoms with van der Waals surface area (Å²) in [7, 11) is 0. The fourth-order valence-electron chi connectivity index (χ4n) is 0.950. The van der Waals surface area contributed by atoms with Gasteiger partial charge in [-0.3, -0.25) is 5.43 Å². The van der Waals surface area contributed by atoms with Crippen molar-refractivity contribution in [3.05, 3.63) is 29.8 Å². The molecule has 1 rings (SSSR count). The van der Waals surface area contributed by atoms with E-state index in [1.54, 1.807) is 0 Å².